The van der Waals surface area contributed by atoms with Crippen LogP contribution < -0.4 is 0 Å². The minimum absolute atomic E-state index is 0.0181. The molecule has 1 saturated heterocycles. The molecule has 0 radical (unpaired) electrons. The molecule has 3 rings (SSSR count). The van der Waals surface area contributed by atoms with Crippen molar-refractivity contribution in [1.82, 2.24) is 9.80 Å². The SMILES string of the molecule is O=C(O)C1CCN(C(=O)N2CCCc3ccccc3C2)C1. The van der Waals surface area contributed by atoms with Crippen molar-refractivity contribution in [2.45, 2.75) is 25.8 Å². The van der Waals surface area contributed by atoms with E-state index in [0.717, 1.165) is 19.4 Å². The van der Waals surface area contributed by atoms with Gasteiger partial charge in [-0.15, -0.1) is 0 Å². The van der Waals surface area contributed by atoms with Crippen LogP contribution in [0.25, 0.3) is 0 Å². The molecule has 0 saturated carbocycles. The zero-order chi connectivity index (χ0) is 14.8. The highest BCUT2D eigenvalue weighted by Crippen LogP contribution is 2.22. The van der Waals surface area contributed by atoms with Crippen LogP contribution in [0.3, 0.4) is 0 Å². The fourth-order valence-corrected chi connectivity index (χ4v) is 3.20. The molecule has 0 aromatic heterocycles. The third kappa shape index (κ3) is 2.86. The minimum atomic E-state index is -0.800. The van der Waals surface area contributed by atoms with Crippen LogP contribution in [0.15, 0.2) is 24.3 Å². The van der Waals surface area contributed by atoms with E-state index in [9.17, 15) is 9.59 Å². The van der Waals surface area contributed by atoms with Crippen LogP contribution in [-0.2, 0) is 17.8 Å². The van der Waals surface area contributed by atoms with E-state index in [4.69, 9.17) is 5.11 Å². The second kappa shape index (κ2) is 5.76. The van der Waals surface area contributed by atoms with Gasteiger partial charge in [0.15, 0.2) is 0 Å². The lowest BCUT2D eigenvalue weighted by Gasteiger charge is -2.27. The molecule has 0 spiro atoms. The third-order valence-corrected chi connectivity index (χ3v) is 4.43. The number of aryl methyl sites for hydroxylation is 1. The van der Waals surface area contributed by atoms with Crippen LogP contribution in [0, 0.1) is 5.92 Å². The lowest BCUT2D eigenvalue weighted by molar-refractivity contribution is -0.141. The van der Waals surface area contributed by atoms with Gasteiger partial charge in [-0.05, 0) is 30.4 Å². The summed E-state index contributed by atoms with van der Waals surface area (Å²) in [5.74, 6) is -1.21. The van der Waals surface area contributed by atoms with Gasteiger partial charge in [0.2, 0.25) is 0 Å². The summed E-state index contributed by atoms with van der Waals surface area (Å²) in [4.78, 5) is 27.1. The first-order valence-electron chi connectivity index (χ1n) is 7.48. The predicted molar refractivity (Wildman–Crippen MR) is 77.9 cm³/mol. The Morgan fingerprint density at radius 2 is 1.86 bits per heavy atom. The molecule has 5 heteroatoms. The van der Waals surface area contributed by atoms with Gasteiger partial charge in [0.05, 0.1) is 5.92 Å². The number of carbonyl (C=O) groups is 2. The summed E-state index contributed by atoms with van der Waals surface area (Å²) >= 11 is 0. The van der Waals surface area contributed by atoms with Crippen LogP contribution >= 0.6 is 0 Å². The fourth-order valence-electron chi connectivity index (χ4n) is 3.20. The maximum absolute atomic E-state index is 12.6. The van der Waals surface area contributed by atoms with E-state index in [-0.39, 0.29) is 6.03 Å². The number of aliphatic carboxylic acids is 1. The number of nitrogens with zero attached hydrogens (tertiary/aromatic N) is 2. The highest BCUT2D eigenvalue weighted by Gasteiger charge is 2.33. The van der Waals surface area contributed by atoms with Gasteiger partial charge in [0.1, 0.15) is 0 Å². The lowest BCUT2D eigenvalue weighted by Crippen LogP contribution is -2.42. The van der Waals surface area contributed by atoms with Crippen LogP contribution in [0.4, 0.5) is 4.79 Å². The van der Waals surface area contributed by atoms with E-state index < -0.39 is 11.9 Å². The monoisotopic (exact) mass is 288 g/mol. The molecule has 112 valence electrons. The smallest absolute Gasteiger partial charge is 0.320 e. The minimum Gasteiger partial charge on any atom is -0.481 e. The van der Waals surface area contributed by atoms with E-state index >= 15 is 0 Å². The molecule has 1 aromatic carbocycles. The molecule has 0 aliphatic carbocycles. The summed E-state index contributed by atoms with van der Waals surface area (Å²) in [6.45, 7) is 2.26. The van der Waals surface area contributed by atoms with Crippen molar-refractivity contribution in [1.29, 1.82) is 0 Å². The number of urea groups is 1. The number of fused-ring (bicyclic) bond motifs is 1. The lowest BCUT2D eigenvalue weighted by atomic mass is 10.0. The van der Waals surface area contributed by atoms with Crippen molar-refractivity contribution in [2.75, 3.05) is 19.6 Å². The Kier molecular flexibility index (Phi) is 3.82. The summed E-state index contributed by atoms with van der Waals surface area (Å²) < 4.78 is 0. The topological polar surface area (TPSA) is 60.9 Å². The number of benzene rings is 1. The zero-order valence-electron chi connectivity index (χ0n) is 12.0. The summed E-state index contributed by atoms with van der Waals surface area (Å²) in [5, 5.41) is 9.05. The second-order valence-corrected chi connectivity index (χ2v) is 5.85. The average molecular weight is 288 g/mol. The van der Waals surface area contributed by atoms with Gasteiger partial charge in [-0.1, -0.05) is 24.3 Å². The van der Waals surface area contributed by atoms with Crippen LogP contribution in [0.5, 0.6) is 0 Å². The second-order valence-electron chi connectivity index (χ2n) is 5.85. The number of carboxylic acid groups (broad SMARTS) is 1. The van der Waals surface area contributed by atoms with Crippen molar-refractivity contribution in [3.8, 4) is 0 Å². The fraction of sp³-hybridized carbons (Fsp3) is 0.500. The Hall–Kier alpha value is -2.04. The van der Waals surface area contributed by atoms with Gasteiger partial charge in [-0.3, -0.25) is 4.79 Å². The Morgan fingerprint density at radius 3 is 2.57 bits per heavy atom. The summed E-state index contributed by atoms with van der Waals surface area (Å²) in [5.41, 5.74) is 2.52. The maximum Gasteiger partial charge on any atom is 0.320 e. The molecule has 21 heavy (non-hydrogen) atoms. The predicted octanol–water partition coefficient (Wildman–Crippen LogP) is 1.96. The van der Waals surface area contributed by atoms with Gasteiger partial charge in [0.25, 0.3) is 0 Å². The third-order valence-electron chi connectivity index (χ3n) is 4.43. The summed E-state index contributed by atoms with van der Waals surface area (Å²) in [7, 11) is 0. The average Bonchev–Trinajstić information content (AvgIpc) is 2.87. The van der Waals surface area contributed by atoms with Gasteiger partial charge in [-0.25, -0.2) is 4.79 Å². The zero-order valence-corrected chi connectivity index (χ0v) is 12.0. The Morgan fingerprint density at radius 1 is 1.10 bits per heavy atom. The molecular weight excluding hydrogens is 268 g/mol. The van der Waals surface area contributed by atoms with Gasteiger partial charge in [0, 0.05) is 26.2 Å². The molecule has 1 N–H and O–H groups in total. The molecule has 5 nitrogen and oxygen atoms in total. The number of rotatable bonds is 1. The van der Waals surface area contributed by atoms with E-state index in [2.05, 4.69) is 12.1 Å². The van der Waals surface area contributed by atoms with E-state index in [0.29, 0.717) is 26.1 Å². The normalized spacial score (nSPS) is 21.8. The Bertz CT molecular complexity index is 558. The van der Waals surface area contributed by atoms with Crippen molar-refractivity contribution in [3.05, 3.63) is 35.4 Å². The number of amides is 2. The first-order chi connectivity index (χ1) is 10.1. The highest BCUT2D eigenvalue weighted by atomic mass is 16.4. The number of carboxylic acids is 1. The number of hydrogen-bond acceptors (Lipinski definition) is 2. The first kappa shape index (κ1) is 13.9. The highest BCUT2D eigenvalue weighted by molar-refractivity contribution is 5.77. The summed E-state index contributed by atoms with van der Waals surface area (Å²) in [6, 6.07) is 8.22. The van der Waals surface area contributed by atoms with Crippen LogP contribution in [0.2, 0.25) is 0 Å². The molecule has 2 aliphatic rings. The molecule has 0 bridgehead atoms. The number of carbonyl (C=O) groups excluding carboxylic acids is 1. The largest absolute Gasteiger partial charge is 0.481 e. The number of likely N-dealkylation sites (tertiary alicyclic amines) is 1. The van der Waals surface area contributed by atoms with Gasteiger partial charge >= 0.3 is 12.0 Å². The standard InChI is InChI=1S/C16H20N2O3/c19-15(20)14-7-9-18(11-14)16(21)17-8-3-6-12-4-1-2-5-13(12)10-17/h1-2,4-5,14H,3,6-11H2,(H,19,20). The molecule has 2 heterocycles. The van der Waals surface area contributed by atoms with Crippen molar-refractivity contribution < 1.29 is 14.7 Å². The Balaban J connectivity index is 1.70. The maximum atomic E-state index is 12.6. The number of hydrogen-bond donors (Lipinski definition) is 1. The van der Waals surface area contributed by atoms with Crippen LogP contribution in [-0.4, -0.2) is 46.5 Å². The van der Waals surface area contributed by atoms with Gasteiger partial charge in [-0.2, -0.15) is 0 Å². The molecule has 1 unspecified atom stereocenters. The van der Waals surface area contributed by atoms with Gasteiger partial charge < -0.3 is 14.9 Å². The van der Waals surface area contributed by atoms with Crippen molar-refractivity contribution in [3.63, 3.8) is 0 Å². The molecule has 2 amide bonds. The van der Waals surface area contributed by atoms with E-state index in [1.165, 1.54) is 11.1 Å². The van der Waals surface area contributed by atoms with E-state index in [1.807, 2.05) is 17.0 Å². The molecule has 1 aromatic rings. The first-order valence-corrected chi connectivity index (χ1v) is 7.48. The molecule has 2 aliphatic heterocycles. The van der Waals surface area contributed by atoms with Crippen LogP contribution in [0.1, 0.15) is 24.0 Å². The summed E-state index contributed by atoms with van der Waals surface area (Å²) in [6.07, 6.45) is 2.52. The molecular formula is C16H20N2O3. The van der Waals surface area contributed by atoms with Crippen molar-refractivity contribution in [2.24, 2.45) is 5.92 Å². The Labute approximate surface area is 124 Å². The quantitative estimate of drug-likeness (QED) is 0.859. The molecule has 1 atom stereocenters. The molecule has 1 fully saturated rings. The van der Waals surface area contributed by atoms with E-state index in [1.54, 1.807) is 4.90 Å². The van der Waals surface area contributed by atoms with Crippen molar-refractivity contribution >= 4 is 12.0 Å².